The number of hydrogen-bond acceptors (Lipinski definition) is 6. The van der Waals surface area contributed by atoms with Gasteiger partial charge in [0.15, 0.2) is 11.2 Å². The highest BCUT2D eigenvalue weighted by atomic mass is 32.2. The summed E-state index contributed by atoms with van der Waals surface area (Å²) >= 11 is 1.75. The molecule has 86 valence electrons. The summed E-state index contributed by atoms with van der Waals surface area (Å²) in [5, 5.41) is 0. The normalized spacial score (nSPS) is 10.9. The zero-order chi connectivity index (χ0) is 11.5. The van der Waals surface area contributed by atoms with Gasteiger partial charge < -0.3 is 10.5 Å². The Morgan fingerprint density at radius 3 is 3.00 bits per heavy atom. The van der Waals surface area contributed by atoms with Crippen LogP contribution in [0.3, 0.4) is 0 Å². The third kappa shape index (κ3) is 1.78. The Bertz CT molecular complexity index is 498. The molecule has 0 aliphatic rings. The summed E-state index contributed by atoms with van der Waals surface area (Å²) in [7, 11) is 1.55. The monoisotopic (exact) mass is 239 g/mol. The number of nitrogen functional groups attached to an aromatic ring is 1. The predicted octanol–water partition coefficient (Wildman–Crippen LogP) is 0.780. The van der Waals surface area contributed by atoms with E-state index in [2.05, 4.69) is 15.0 Å². The van der Waals surface area contributed by atoms with Crippen molar-refractivity contribution in [2.45, 2.75) is 6.54 Å². The Morgan fingerprint density at radius 1 is 1.50 bits per heavy atom. The van der Waals surface area contributed by atoms with Gasteiger partial charge in [0.1, 0.15) is 6.33 Å². The lowest BCUT2D eigenvalue weighted by Crippen LogP contribution is -2.05. The zero-order valence-electron chi connectivity index (χ0n) is 9.17. The second kappa shape index (κ2) is 4.56. The molecule has 0 saturated heterocycles. The second-order valence-corrected chi connectivity index (χ2v) is 4.16. The molecule has 2 rings (SSSR count). The van der Waals surface area contributed by atoms with Crippen LogP contribution in [-0.2, 0) is 6.54 Å². The molecule has 0 aromatic carbocycles. The molecule has 0 fully saturated rings. The highest BCUT2D eigenvalue weighted by Crippen LogP contribution is 2.22. The largest absolute Gasteiger partial charge is 0.479 e. The molecule has 16 heavy (non-hydrogen) atoms. The third-order valence-electron chi connectivity index (χ3n) is 2.24. The SMILES string of the molecule is COc1ncnc2c1nc(N)n2CCSC. The first-order valence-corrected chi connectivity index (χ1v) is 6.17. The lowest BCUT2D eigenvalue weighted by Gasteiger charge is -2.03. The summed E-state index contributed by atoms with van der Waals surface area (Å²) in [5.74, 6) is 1.87. The van der Waals surface area contributed by atoms with E-state index in [1.165, 1.54) is 6.33 Å². The summed E-state index contributed by atoms with van der Waals surface area (Å²) < 4.78 is 6.98. The van der Waals surface area contributed by atoms with E-state index in [4.69, 9.17) is 10.5 Å². The minimum Gasteiger partial charge on any atom is -0.479 e. The molecule has 0 amide bonds. The molecule has 2 N–H and O–H groups in total. The Labute approximate surface area is 97.2 Å². The fourth-order valence-electron chi connectivity index (χ4n) is 1.49. The van der Waals surface area contributed by atoms with Crippen LogP contribution < -0.4 is 10.5 Å². The highest BCUT2D eigenvalue weighted by molar-refractivity contribution is 7.98. The molecule has 2 aromatic heterocycles. The number of hydrogen-bond donors (Lipinski definition) is 1. The molecule has 0 saturated carbocycles. The highest BCUT2D eigenvalue weighted by Gasteiger charge is 2.13. The summed E-state index contributed by atoms with van der Waals surface area (Å²) in [6.45, 7) is 0.781. The topological polar surface area (TPSA) is 78.8 Å². The van der Waals surface area contributed by atoms with Gasteiger partial charge in [0.2, 0.25) is 11.8 Å². The Morgan fingerprint density at radius 2 is 2.31 bits per heavy atom. The van der Waals surface area contributed by atoms with Gasteiger partial charge in [-0.1, -0.05) is 0 Å². The summed E-state index contributed by atoms with van der Waals surface area (Å²) in [5.41, 5.74) is 7.17. The first kappa shape index (κ1) is 11.0. The molecule has 0 bridgehead atoms. The number of aromatic nitrogens is 4. The van der Waals surface area contributed by atoms with Crippen LogP contribution in [0.2, 0.25) is 0 Å². The number of methoxy groups -OCH3 is 1. The molecular weight excluding hydrogens is 226 g/mol. The van der Waals surface area contributed by atoms with E-state index < -0.39 is 0 Å². The van der Waals surface area contributed by atoms with E-state index in [1.807, 2.05) is 10.8 Å². The summed E-state index contributed by atoms with van der Waals surface area (Å²) in [6, 6.07) is 0. The molecular formula is C9H13N5OS. The number of anilines is 1. The predicted molar refractivity (Wildman–Crippen MR) is 64.7 cm³/mol. The molecule has 0 radical (unpaired) electrons. The summed E-state index contributed by atoms with van der Waals surface area (Å²) in [4.78, 5) is 12.4. The first-order chi connectivity index (χ1) is 7.77. The van der Waals surface area contributed by atoms with Crippen molar-refractivity contribution in [1.82, 2.24) is 19.5 Å². The first-order valence-electron chi connectivity index (χ1n) is 4.77. The molecule has 0 aliphatic carbocycles. The molecule has 0 unspecified atom stereocenters. The molecule has 7 heteroatoms. The van der Waals surface area contributed by atoms with Crippen molar-refractivity contribution in [3.63, 3.8) is 0 Å². The maximum absolute atomic E-state index is 5.84. The fraction of sp³-hybridized carbons (Fsp3) is 0.444. The van der Waals surface area contributed by atoms with Gasteiger partial charge >= 0.3 is 0 Å². The number of fused-ring (bicyclic) bond motifs is 1. The van der Waals surface area contributed by atoms with E-state index in [0.29, 0.717) is 17.3 Å². The van der Waals surface area contributed by atoms with Crippen molar-refractivity contribution < 1.29 is 4.74 Å². The van der Waals surface area contributed by atoms with Crippen molar-refractivity contribution in [3.8, 4) is 5.88 Å². The van der Waals surface area contributed by atoms with E-state index in [9.17, 15) is 0 Å². The number of imidazole rings is 1. The smallest absolute Gasteiger partial charge is 0.245 e. The van der Waals surface area contributed by atoms with Gasteiger partial charge in [-0.2, -0.15) is 16.7 Å². The lowest BCUT2D eigenvalue weighted by atomic mass is 10.5. The van der Waals surface area contributed by atoms with E-state index in [0.717, 1.165) is 17.9 Å². The maximum atomic E-state index is 5.84. The molecule has 0 spiro atoms. The van der Waals surface area contributed by atoms with Crippen LogP contribution in [-0.4, -0.2) is 38.6 Å². The summed E-state index contributed by atoms with van der Waals surface area (Å²) in [6.07, 6.45) is 3.50. The standard InChI is InChI=1S/C9H13N5OS/c1-15-8-6-7(11-5-12-8)14(3-4-16-2)9(10)13-6/h5H,3-4H2,1-2H3,(H2,10,13). The lowest BCUT2D eigenvalue weighted by molar-refractivity contribution is 0.401. The molecule has 0 atom stereocenters. The number of thioether (sulfide) groups is 1. The van der Waals surface area contributed by atoms with Gasteiger partial charge in [-0.3, -0.25) is 4.57 Å². The van der Waals surface area contributed by atoms with Crippen LogP contribution in [0.1, 0.15) is 0 Å². The van der Waals surface area contributed by atoms with E-state index in [-0.39, 0.29) is 0 Å². The van der Waals surface area contributed by atoms with Crippen LogP contribution in [0.4, 0.5) is 5.95 Å². The van der Waals surface area contributed by atoms with Crippen LogP contribution in [0.15, 0.2) is 6.33 Å². The average Bonchev–Trinajstić information content (AvgIpc) is 2.62. The van der Waals surface area contributed by atoms with Gasteiger partial charge in [0.25, 0.3) is 0 Å². The number of nitrogens with two attached hydrogens (primary N) is 1. The number of aryl methyl sites for hydroxylation is 1. The van der Waals surface area contributed by atoms with Crippen molar-refractivity contribution in [2.75, 3.05) is 24.9 Å². The maximum Gasteiger partial charge on any atom is 0.245 e. The fourth-order valence-corrected chi connectivity index (χ4v) is 1.85. The minimum atomic E-state index is 0.447. The minimum absolute atomic E-state index is 0.447. The van der Waals surface area contributed by atoms with Gasteiger partial charge in [-0.05, 0) is 6.26 Å². The van der Waals surface area contributed by atoms with Crippen molar-refractivity contribution in [3.05, 3.63) is 6.33 Å². The van der Waals surface area contributed by atoms with Crippen LogP contribution >= 0.6 is 11.8 Å². The van der Waals surface area contributed by atoms with E-state index >= 15 is 0 Å². The number of ether oxygens (including phenoxy) is 1. The van der Waals surface area contributed by atoms with Crippen LogP contribution in [0, 0.1) is 0 Å². The van der Waals surface area contributed by atoms with Gasteiger partial charge in [-0.25, -0.2) is 9.97 Å². The zero-order valence-corrected chi connectivity index (χ0v) is 9.99. The quantitative estimate of drug-likeness (QED) is 0.849. The number of rotatable bonds is 4. The molecule has 2 heterocycles. The molecule has 0 aliphatic heterocycles. The second-order valence-electron chi connectivity index (χ2n) is 3.17. The van der Waals surface area contributed by atoms with Crippen molar-refractivity contribution >= 4 is 28.9 Å². The van der Waals surface area contributed by atoms with Gasteiger partial charge in [0.05, 0.1) is 7.11 Å². The van der Waals surface area contributed by atoms with Gasteiger partial charge in [0, 0.05) is 12.3 Å². The van der Waals surface area contributed by atoms with E-state index in [1.54, 1.807) is 18.9 Å². The van der Waals surface area contributed by atoms with Crippen molar-refractivity contribution in [2.24, 2.45) is 0 Å². The average molecular weight is 239 g/mol. The Balaban J connectivity index is 2.52. The van der Waals surface area contributed by atoms with Crippen LogP contribution in [0.25, 0.3) is 11.2 Å². The van der Waals surface area contributed by atoms with Crippen molar-refractivity contribution in [1.29, 1.82) is 0 Å². The van der Waals surface area contributed by atoms with Crippen LogP contribution in [0.5, 0.6) is 5.88 Å². The van der Waals surface area contributed by atoms with Gasteiger partial charge in [-0.15, -0.1) is 0 Å². The number of nitrogens with zero attached hydrogens (tertiary/aromatic N) is 4. The molecule has 6 nitrogen and oxygen atoms in total. The molecule has 2 aromatic rings. The third-order valence-corrected chi connectivity index (χ3v) is 2.83. The Kier molecular flexibility index (Phi) is 3.14. The Hall–Kier alpha value is -1.50.